The Morgan fingerprint density at radius 1 is 1.32 bits per heavy atom. The lowest BCUT2D eigenvalue weighted by Crippen LogP contribution is -2.33. The number of methoxy groups -OCH3 is 2. The number of amides is 1. The highest BCUT2D eigenvalue weighted by Gasteiger charge is 2.30. The molecule has 0 saturated heterocycles. The number of thiophene rings is 1. The molecule has 3 heterocycles. The Labute approximate surface area is 211 Å². The van der Waals surface area contributed by atoms with Crippen molar-refractivity contribution in [2.45, 2.75) is 51.3 Å². The normalized spacial score (nSPS) is 14.9. The van der Waals surface area contributed by atoms with Gasteiger partial charge in [0.15, 0.2) is 0 Å². The highest BCUT2D eigenvalue weighted by atomic mass is 79.9. The molecule has 0 aliphatic carbocycles. The number of pyridine rings is 1. The van der Waals surface area contributed by atoms with Crippen LogP contribution in [0.15, 0.2) is 23.2 Å². The molecule has 180 valence electrons. The maximum Gasteiger partial charge on any atom is 0.215 e. The van der Waals surface area contributed by atoms with Crippen LogP contribution >= 0.6 is 27.3 Å². The van der Waals surface area contributed by atoms with Gasteiger partial charge in [-0.05, 0) is 38.5 Å². The van der Waals surface area contributed by atoms with E-state index in [-0.39, 0.29) is 5.60 Å². The first-order valence-electron chi connectivity index (χ1n) is 10.9. The van der Waals surface area contributed by atoms with E-state index in [0.717, 1.165) is 56.0 Å². The van der Waals surface area contributed by atoms with Crippen molar-refractivity contribution in [3.8, 4) is 11.5 Å². The van der Waals surface area contributed by atoms with Crippen LogP contribution in [0.2, 0.25) is 0 Å². The average molecular weight is 546 g/mol. The first-order valence-corrected chi connectivity index (χ1v) is 12.8. The number of halogens is 1. The molecule has 1 aliphatic heterocycles. The number of fused-ring (bicyclic) bond motifs is 2. The second kappa shape index (κ2) is 10.0. The van der Waals surface area contributed by atoms with Gasteiger partial charge in [-0.3, -0.25) is 4.79 Å². The minimum Gasteiger partial charge on any atom is -0.497 e. The Bertz CT molecular complexity index is 1250. The zero-order valence-corrected chi connectivity index (χ0v) is 22.4. The first-order chi connectivity index (χ1) is 16.3. The summed E-state index contributed by atoms with van der Waals surface area (Å²) in [5, 5.41) is 1.70. The van der Waals surface area contributed by atoms with Gasteiger partial charge in [0, 0.05) is 39.2 Å². The molecule has 1 aromatic carbocycles. The summed E-state index contributed by atoms with van der Waals surface area (Å²) in [4.78, 5) is 25.1. The van der Waals surface area contributed by atoms with Crippen molar-refractivity contribution in [1.82, 2.24) is 9.88 Å². The van der Waals surface area contributed by atoms with E-state index in [1.807, 2.05) is 19.1 Å². The molecule has 0 spiro atoms. The summed E-state index contributed by atoms with van der Waals surface area (Å²) < 4.78 is 16.8. The number of carbonyl (C=O) groups excluding carboxylic acids is 1. The lowest BCUT2D eigenvalue weighted by atomic mass is 9.92. The zero-order valence-electron chi connectivity index (χ0n) is 20.0. The fraction of sp³-hybridized carbons (Fsp3) is 0.400. The summed E-state index contributed by atoms with van der Waals surface area (Å²) in [5.41, 5.74) is 4.84. The van der Waals surface area contributed by atoms with E-state index in [2.05, 4.69) is 29.8 Å². The molecule has 1 aliphatic rings. The van der Waals surface area contributed by atoms with Gasteiger partial charge < -0.3 is 19.1 Å². The van der Waals surface area contributed by atoms with E-state index in [9.17, 15) is 4.79 Å². The van der Waals surface area contributed by atoms with E-state index < -0.39 is 0 Å². The number of carbonyl (C=O) groups is 1. The molecule has 0 saturated carbocycles. The molecule has 0 atom stereocenters. The maximum absolute atomic E-state index is 11.9. The minimum atomic E-state index is -0.225. The quantitative estimate of drug-likeness (QED) is 0.157. The van der Waals surface area contributed by atoms with Crippen molar-refractivity contribution in [2.24, 2.45) is 4.99 Å². The predicted octanol–water partition coefficient (Wildman–Crippen LogP) is 5.69. The van der Waals surface area contributed by atoms with Crippen LogP contribution in [0.1, 0.15) is 41.1 Å². The molecule has 7 nitrogen and oxygen atoms in total. The number of benzene rings is 1. The Kier molecular flexibility index (Phi) is 7.25. The third-order valence-electron chi connectivity index (χ3n) is 5.94. The summed E-state index contributed by atoms with van der Waals surface area (Å²) in [6.07, 6.45) is 3.11. The van der Waals surface area contributed by atoms with E-state index in [0.29, 0.717) is 30.0 Å². The van der Waals surface area contributed by atoms with Crippen molar-refractivity contribution in [2.75, 3.05) is 14.2 Å². The molecule has 0 N–H and O–H groups in total. The Morgan fingerprint density at radius 2 is 2.12 bits per heavy atom. The van der Waals surface area contributed by atoms with Crippen molar-refractivity contribution in [3.63, 3.8) is 0 Å². The van der Waals surface area contributed by atoms with Crippen LogP contribution < -0.4 is 9.47 Å². The SMILES string of the molecule is COc1ccc(CN(C=O)C=Nc2c(C)sc3nc4c(c(CBr)c23)COC(C)(C)C4)c(OC)c1. The number of rotatable bonds is 8. The fourth-order valence-electron chi connectivity index (χ4n) is 4.15. The van der Waals surface area contributed by atoms with Gasteiger partial charge in [-0.1, -0.05) is 15.9 Å². The largest absolute Gasteiger partial charge is 0.497 e. The van der Waals surface area contributed by atoms with Crippen molar-refractivity contribution in [1.29, 1.82) is 0 Å². The van der Waals surface area contributed by atoms with Crippen LogP contribution in [0.25, 0.3) is 10.2 Å². The Morgan fingerprint density at radius 3 is 2.79 bits per heavy atom. The van der Waals surface area contributed by atoms with Gasteiger partial charge >= 0.3 is 0 Å². The Hall–Kier alpha value is -2.49. The van der Waals surface area contributed by atoms with E-state index in [4.69, 9.17) is 24.2 Å². The number of aliphatic imine (C=N–C) groups is 1. The molecule has 9 heteroatoms. The summed E-state index contributed by atoms with van der Waals surface area (Å²) in [7, 11) is 3.20. The molecule has 0 fully saturated rings. The zero-order chi connectivity index (χ0) is 24.5. The summed E-state index contributed by atoms with van der Waals surface area (Å²) >= 11 is 5.30. The molecule has 2 aromatic heterocycles. The highest BCUT2D eigenvalue weighted by Crippen LogP contribution is 2.43. The summed E-state index contributed by atoms with van der Waals surface area (Å²) in [6.45, 7) is 7.08. The van der Waals surface area contributed by atoms with Crippen LogP contribution in [-0.2, 0) is 34.4 Å². The smallest absolute Gasteiger partial charge is 0.215 e. The van der Waals surface area contributed by atoms with E-state index in [1.165, 1.54) is 4.90 Å². The lowest BCUT2D eigenvalue weighted by Gasteiger charge is -2.32. The first kappa shape index (κ1) is 24.6. The number of aromatic nitrogens is 1. The van der Waals surface area contributed by atoms with E-state index in [1.54, 1.807) is 38.0 Å². The van der Waals surface area contributed by atoms with Gasteiger partial charge in [-0.25, -0.2) is 9.98 Å². The van der Waals surface area contributed by atoms with Crippen LogP contribution in [0.5, 0.6) is 11.5 Å². The number of nitrogens with zero attached hydrogens (tertiary/aromatic N) is 3. The Balaban J connectivity index is 1.69. The number of alkyl halides is 1. The standard InChI is InChI=1S/C25H28BrN3O4S/c1-15-23(27-13-29(14-30)11-16-6-7-17(31-4)8-21(16)32-5)22-18(10-26)19-12-33-25(2,3)9-20(19)28-24(22)34-15/h6-8,13-14H,9-12H2,1-5H3. The van der Waals surface area contributed by atoms with Crippen LogP contribution in [-0.4, -0.2) is 42.5 Å². The van der Waals surface area contributed by atoms with E-state index >= 15 is 0 Å². The third-order valence-corrected chi connectivity index (χ3v) is 7.49. The average Bonchev–Trinajstić information content (AvgIpc) is 3.13. The molecular formula is C25H28BrN3O4S. The molecule has 0 radical (unpaired) electrons. The third kappa shape index (κ3) is 4.82. The van der Waals surface area contributed by atoms with Crippen molar-refractivity contribution < 1.29 is 19.0 Å². The topological polar surface area (TPSA) is 73.2 Å². The molecule has 4 rings (SSSR count). The molecule has 1 amide bonds. The lowest BCUT2D eigenvalue weighted by molar-refractivity contribution is -0.115. The summed E-state index contributed by atoms with van der Waals surface area (Å²) in [6, 6.07) is 5.52. The monoisotopic (exact) mass is 545 g/mol. The number of aryl methyl sites for hydroxylation is 1. The van der Waals surface area contributed by atoms with Crippen molar-refractivity contribution in [3.05, 3.63) is 45.5 Å². The van der Waals surface area contributed by atoms with Gasteiger partial charge in [0.1, 0.15) is 16.3 Å². The van der Waals surface area contributed by atoms with Gasteiger partial charge in [-0.2, -0.15) is 0 Å². The molecule has 0 bridgehead atoms. The van der Waals surface area contributed by atoms with Gasteiger partial charge in [0.25, 0.3) is 0 Å². The molecule has 0 unspecified atom stereocenters. The summed E-state index contributed by atoms with van der Waals surface area (Å²) in [5.74, 6) is 1.34. The maximum atomic E-state index is 11.9. The molecular weight excluding hydrogens is 518 g/mol. The second-order valence-corrected chi connectivity index (χ2v) is 10.5. The minimum absolute atomic E-state index is 0.225. The van der Waals surface area contributed by atoms with Gasteiger partial charge in [0.2, 0.25) is 6.41 Å². The van der Waals surface area contributed by atoms with Gasteiger partial charge in [-0.15, -0.1) is 11.3 Å². The number of ether oxygens (including phenoxy) is 3. The van der Waals surface area contributed by atoms with Crippen LogP contribution in [0.4, 0.5) is 5.69 Å². The van der Waals surface area contributed by atoms with Gasteiger partial charge in [0.05, 0.1) is 50.7 Å². The molecule has 34 heavy (non-hydrogen) atoms. The highest BCUT2D eigenvalue weighted by molar-refractivity contribution is 9.08. The van der Waals surface area contributed by atoms with Crippen LogP contribution in [0, 0.1) is 6.92 Å². The molecule has 3 aromatic rings. The van der Waals surface area contributed by atoms with Crippen LogP contribution in [0.3, 0.4) is 0 Å². The number of hydrogen-bond donors (Lipinski definition) is 0. The fourth-order valence-corrected chi connectivity index (χ4v) is 5.78. The van der Waals surface area contributed by atoms with Crippen molar-refractivity contribution >= 4 is 55.9 Å². The number of hydrogen-bond acceptors (Lipinski definition) is 7. The second-order valence-electron chi connectivity index (χ2n) is 8.76. The predicted molar refractivity (Wildman–Crippen MR) is 139 cm³/mol.